The predicted octanol–water partition coefficient (Wildman–Crippen LogP) is 4.62. The van der Waals surface area contributed by atoms with Gasteiger partial charge < -0.3 is 15.0 Å². The fraction of sp³-hybridized carbons (Fsp3) is 0.455. The maximum absolute atomic E-state index is 13.3. The lowest BCUT2D eigenvalue weighted by atomic mass is 9.86. The summed E-state index contributed by atoms with van der Waals surface area (Å²) in [6.07, 6.45) is 2.66. The zero-order valence-corrected chi connectivity index (χ0v) is 19.8. The summed E-state index contributed by atoms with van der Waals surface area (Å²) in [6, 6.07) is 4.45. The molecule has 0 unspecified atom stereocenters. The van der Waals surface area contributed by atoms with Gasteiger partial charge in [0, 0.05) is 28.9 Å². The maximum atomic E-state index is 13.3. The van der Waals surface area contributed by atoms with Gasteiger partial charge in [0.25, 0.3) is 11.5 Å². The van der Waals surface area contributed by atoms with Gasteiger partial charge in [0.05, 0.1) is 22.5 Å². The molecule has 1 fully saturated rings. The van der Waals surface area contributed by atoms with Crippen molar-refractivity contribution in [3.8, 4) is 0 Å². The normalized spacial score (nSPS) is 23.0. The van der Waals surface area contributed by atoms with Crippen molar-refractivity contribution in [1.29, 1.82) is 0 Å². The molecule has 1 aliphatic heterocycles. The van der Waals surface area contributed by atoms with Crippen molar-refractivity contribution in [2.45, 2.75) is 57.7 Å². The van der Waals surface area contributed by atoms with Crippen LogP contribution in [0.4, 0.5) is 0 Å². The van der Waals surface area contributed by atoms with Gasteiger partial charge in [0.15, 0.2) is 4.77 Å². The number of nitrogens with one attached hydrogen (secondary N) is 1. The van der Waals surface area contributed by atoms with Gasteiger partial charge >= 0.3 is 5.97 Å². The van der Waals surface area contributed by atoms with Crippen molar-refractivity contribution in [2.24, 2.45) is 5.92 Å². The SMILES string of the molecule is C[C@@H]1Cc2c([nH]c(=S)n([C@H]3CC[C@@H](C(=O)O)CC3)c2=O)CN1C(=O)c1ccc(Cl)c(Cl)c1. The highest BCUT2D eigenvalue weighted by Gasteiger charge is 2.33. The number of aliphatic carboxylic acids is 1. The van der Waals surface area contributed by atoms with Crippen molar-refractivity contribution in [3.05, 3.63) is 60.2 Å². The summed E-state index contributed by atoms with van der Waals surface area (Å²) in [5.74, 6) is -1.35. The maximum Gasteiger partial charge on any atom is 0.306 e. The zero-order chi connectivity index (χ0) is 23.2. The standard InChI is InChI=1S/C22H23Cl2N3O4S/c1-11-8-15-18(10-26(11)19(28)13-4-7-16(23)17(24)9-13)25-22(32)27(20(15)29)14-5-2-12(3-6-14)21(30)31/h4,7,9,11-12,14H,2-3,5-6,8,10H2,1H3,(H,25,32)(H,30,31)/t11-,12-,14+/m1/s1. The molecular formula is C22H23Cl2N3O4S. The van der Waals surface area contributed by atoms with Gasteiger partial charge in [0.1, 0.15) is 0 Å². The highest BCUT2D eigenvalue weighted by molar-refractivity contribution is 7.71. The van der Waals surface area contributed by atoms with E-state index in [0.717, 1.165) is 0 Å². The number of H-pyrrole nitrogens is 1. The number of hydrogen-bond acceptors (Lipinski definition) is 4. The van der Waals surface area contributed by atoms with E-state index in [4.69, 9.17) is 35.4 Å². The Hall–Kier alpha value is -2.16. The number of aromatic nitrogens is 2. The number of carboxylic acids is 1. The molecule has 2 aliphatic rings. The number of hydrogen-bond donors (Lipinski definition) is 2. The molecule has 0 spiro atoms. The molecule has 4 rings (SSSR count). The first kappa shape index (κ1) is 23.0. The first-order valence-electron chi connectivity index (χ1n) is 10.5. The van der Waals surface area contributed by atoms with Crippen molar-refractivity contribution in [3.63, 3.8) is 0 Å². The van der Waals surface area contributed by atoms with Crippen molar-refractivity contribution in [2.75, 3.05) is 0 Å². The van der Waals surface area contributed by atoms with Crippen LogP contribution in [0.2, 0.25) is 10.0 Å². The molecule has 0 bridgehead atoms. The first-order valence-corrected chi connectivity index (χ1v) is 11.7. The Morgan fingerprint density at radius 2 is 1.84 bits per heavy atom. The number of benzene rings is 1. The molecule has 1 atom stereocenters. The second kappa shape index (κ2) is 9.00. The Morgan fingerprint density at radius 1 is 1.16 bits per heavy atom. The van der Waals surface area contributed by atoms with Crippen LogP contribution >= 0.6 is 35.4 Å². The van der Waals surface area contributed by atoms with Crippen LogP contribution in [0.15, 0.2) is 23.0 Å². The molecule has 2 heterocycles. The third-order valence-corrected chi connectivity index (χ3v) is 7.55. The number of carboxylic acid groups (broad SMARTS) is 1. The number of fused-ring (bicyclic) bond motifs is 1. The number of halogens is 2. The lowest BCUT2D eigenvalue weighted by Crippen LogP contribution is -2.46. The first-order chi connectivity index (χ1) is 15.2. The quantitative estimate of drug-likeness (QED) is 0.605. The molecule has 10 heteroatoms. The van der Waals surface area contributed by atoms with Crippen LogP contribution in [-0.2, 0) is 17.8 Å². The minimum absolute atomic E-state index is 0.113. The van der Waals surface area contributed by atoms with Gasteiger partial charge in [-0.05, 0) is 69.4 Å². The molecule has 1 aromatic carbocycles. The van der Waals surface area contributed by atoms with E-state index in [1.165, 1.54) is 0 Å². The molecule has 0 radical (unpaired) electrons. The van der Waals surface area contributed by atoms with Gasteiger partial charge in [-0.1, -0.05) is 23.2 Å². The topological polar surface area (TPSA) is 95.4 Å². The largest absolute Gasteiger partial charge is 0.481 e. The summed E-state index contributed by atoms with van der Waals surface area (Å²) in [5.41, 5.74) is 1.56. The minimum atomic E-state index is -0.785. The molecule has 32 heavy (non-hydrogen) atoms. The molecule has 170 valence electrons. The average molecular weight is 496 g/mol. The number of carbonyl (C=O) groups is 2. The molecule has 1 amide bonds. The number of carbonyl (C=O) groups excluding carboxylic acids is 1. The number of rotatable bonds is 3. The van der Waals surface area contributed by atoms with Crippen molar-refractivity contribution >= 4 is 47.3 Å². The Kier molecular flexibility index (Phi) is 6.47. The summed E-state index contributed by atoms with van der Waals surface area (Å²) in [5, 5.41) is 9.92. The summed E-state index contributed by atoms with van der Waals surface area (Å²) in [6.45, 7) is 2.14. The van der Waals surface area contributed by atoms with Crippen LogP contribution in [-0.4, -0.2) is 37.5 Å². The van der Waals surface area contributed by atoms with Gasteiger partial charge in [-0.2, -0.15) is 0 Å². The lowest BCUT2D eigenvalue weighted by molar-refractivity contribution is -0.143. The van der Waals surface area contributed by atoms with Gasteiger partial charge in [-0.15, -0.1) is 0 Å². The summed E-state index contributed by atoms with van der Waals surface area (Å²) in [4.78, 5) is 42.6. The van der Waals surface area contributed by atoms with E-state index in [0.29, 0.717) is 63.7 Å². The van der Waals surface area contributed by atoms with Gasteiger partial charge in [-0.3, -0.25) is 19.0 Å². The fourth-order valence-electron chi connectivity index (χ4n) is 4.69. The molecule has 2 N–H and O–H groups in total. The molecule has 1 aromatic heterocycles. The Balaban J connectivity index is 1.61. The summed E-state index contributed by atoms with van der Waals surface area (Å²) in [7, 11) is 0. The molecular weight excluding hydrogens is 473 g/mol. The minimum Gasteiger partial charge on any atom is -0.481 e. The highest BCUT2D eigenvalue weighted by Crippen LogP contribution is 2.32. The smallest absolute Gasteiger partial charge is 0.306 e. The monoisotopic (exact) mass is 495 g/mol. The Bertz CT molecular complexity index is 1200. The second-order valence-electron chi connectivity index (χ2n) is 8.52. The van der Waals surface area contributed by atoms with Crippen LogP contribution in [0.25, 0.3) is 0 Å². The van der Waals surface area contributed by atoms with Crippen molar-refractivity contribution < 1.29 is 14.7 Å². The van der Waals surface area contributed by atoms with Crippen LogP contribution in [0.3, 0.4) is 0 Å². The predicted molar refractivity (Wildman–Crippen MR) is 124 cm³/mol. The Labute approximate surface area is 200 Å². The molecule has 0 saturated heterocycles. The number of nitrogens with zero attached hydrogens (tertiary/aromatic N) is 2. The van der Waals surface area contributed by atoms with Gasteiger partial charge in [0.2, 0.25) is 0 Å². The molecule has 1 aliphatic carbocycles. The van der Waals surface area contributed by atoms with E-state index >= 15 is 0 Å². The number of aromatic amines is 1. The Morgan fingerprint density at radius 3 is 2.47 bits per heavy atom. The number of amides is 1. The van der Waals surface area contributed by atoms with Crippen molar-refractivity contribution in [1.82, 2.24) is 14.5 Å². The van der Waals surface area contributed by atoms with Crippen LogP contribution in [0.1, 0.15) is 60.3 Å². The molecule has 2 aromatic rings. The van der Waals surface area contributed by atoms with E-state index in [-0.39, 0.29) is 36.0 Å². The van der Waals surface area contributed by atoms with E-state index in [1.54, 1.807) is 27.7 Å². The highest BCUT2D eigenvalue weighted by atomic mass is 35.5. The third-order valence-electron chi connectivity index (χ3n) is 6.52. The summed E-state index contributed by atoms with van der Waals surface area (Å²) >= 11 is 17.5. The van der Waals surface area contributed by atoms with Crippen LogP contribution < -0.4 is 5.56 Å². The van der Waals surface area contributed by atoms with Crippen LogP contribution in [0.5, 0.6) is 0 Å². The zero-order valence-electron chi connectivity index (χ0n) is 17.4. The van der Waals surface area contributed by atoms with E-state index < -0.39 is 5.97 Å². The fourth-order valence-corrected chi connectivity index (χ4v) is 5.34. The van der Waals surface area contributed by atoms with E-state index in [1.807, 2.05) is 6.92 Å². The lowest BCUT2D eigenvalue weighted by Gasteiger charge is -2.35. The second-order valence-corrected chi connectivity index (χ2v) is 9.72. The van der Waals surface area contributed by atoms with E-state index in [9.17, 15) is 19.5 Å². The van der Waals surface area contributed by atoms with Crippen LogP contribution in [0, 0.1) is 10.7 Å². The average Bonchev–Trinajstić information content (AvgIpc) is 2.76. The summed E-state index contributed by atoms with van der Waals surface area (Å²) < 4.78 is 1.92. The third kappa shape index (κ3) is 4.23. The van der Waals surface area contributed by atoms with Gasteiger partial charge in [-0.25, -0.2) is 0 Å². The van der Waals surface area contributed by atoms with E-state index in [2.05, 4.69) is 4.98 Å². The molecule has 1 saturated carbocycles. The molecule has 7 nitrogen and oxygen atoms in total.